The fourth-order valence-electron chi connectivity index (χ4n) is 4.30. The summed E-state index contributed by atoms with van der Waals surface area (Å²) in [4.78, 5) is 48.7. The summed E-state index contributed by atoms with van der Waals surface area (Å²) in [7, 11) is 0. The first kappa shape index (κ1) is 21.5. The molecule has 1 fully saturated rings. The molecule has 0 aliphatic carbocycles. The number of nitrogens with one attached hydrogen (secondary N) is 1. The van der Waals surface area contributed by atoms with Gasteiger partial charge >= 0.3 is 11.7 Å². The van der Waals surface area contributed by atoms with E-state index < -0.39 is 17.2 Å². The van der Waals surface area contributed by atoms with Crippen LogP contribution in [0.2, 0.25) is 5.02 Å². The van der Waals surface area contributed by atoms with Gasteiger partial charge in [0.05, 0.1) is 17.0 Å². The lowest BCUT2D eigenvalue weighted by atomic mass is 9.96. The van der Waals surface area contributed by atoms with Crippen molar-refractivity contribution in [3.63, 3.8) is 0 Å². The molecular weight excluding hydrogens is 422 g/mol. The molecular formula is C21H24ClN5O4. The molecule has 31 heavy (non-hydrogen) atoms. The molecule has 164 valence electrons. The summed E-state index contributed by atoms with van der Waals surface area (Å²) in [6.45, 7) is 5.88. The van der Waals surface area contributed by atoms with Crippen molar-refractivity contribution in [2.45, 2.75) is 39.2 Å². The fraction of sp³-hybridized carbons (Fsp3) is 0.476. The minimum atomic E-state index is -0.747. The maximum atomic E-state index is 12.5. The number of benzene rings is 1. The highest BCUT2D eigenvalue weighted by atomic mass is 35.5. The standard InChI is InChI=1S/C21H24ClN5O4/c1-3-13(10-26-6-4-12(5-7-26)20(29)30)27-16-9-14(22)11(2)8-15(16)23-17-18(27)24-21(31)25-19(17)28/h8-9,12-13H,3-7,10H2,1-2H3,(H,29,30)(H,25,28,31). The quantitative estimate of drug-likeness (QED) is 0.578. The van der Waals surface area contributed by atoms with E-state index in [-0.39, 0.29) is 23.5 Å². The van der Waals surface area contributed by atoms with Crippen LogP contribution in [0.1, 0.15) is 37.8 Å². The Balaban J connectivity index is 1.83. The van der Waals surface area contributed by atoms with Gasteiger partial charge in [0.25, 0.3) is 5.56 Å². The summed E-state index contributed by atoms with van der Waals surface area (Å²) < 4.78 is 1.89. The van der Waals surface area contributed by atoms with Crippen LogP contribution >= 0.6 is 11.6 Å². The van der Waals surface area contributed by atoms with Crippen LogP contribution in [0, 0.1) is 12.8 Å². The summed E-state index contributed by atoms with van der Waals surface area (Å²) in [5.74, 6) is -0.825. The van der Waals surface area contributed by atoms with Crippen molar-refractivity contribution in [1.82, 2.24) is 24.4 Å². The second-order valence-electron chi connectivity index (χ2n) is 8.09. The molecule has 0 saturated carbocycles. The maximum Gasteiger partial charge on any atom is 0.349 e. The van der Waals surface area contributed by atoms with E-state index in [1.165, 1.54) is 0 Å². The van der Waals surface area contributed by atoms with Crippen LogP contribution in [-0.2, 0) is 4.79 Å². The molecule has 9 nitrogen and oxygen atoms in total. The summed E-state index contributed by atoms with van der Waals surface area (Å²) in [5.41, 5.74) is 0.951. The SMILES string of the molecule is CCC(CN1CCC(C(=O)O)CC1)n1c2nc(=O)[nH]c(=O)c-2nc2cc(C)c(Cl)cc21. The van der Waals surface area contributed by atoms with Crippen molar-refractivity contribution in [2.24, 2.45) is 5.92 Å². The van der Waals surface area contributed by atoms with Gasteiger partial charge in [0.1, 0.15) is 0 Å². The Bertz CT molecular complexity index is 1230. The van der Waals surface area contributed by atoms with E-state index in [0.29, 0.717) is 55.0 Å². The van der Waals surface area contributed by atoms with Crippen molar-refractivity contribution in [1.29, 1.82) is 0 Å². The van der Waals surface area contributed by atoms with E-state index in [0.717, 1.165) is 5.56 Å². The number of rotatable bonds is 5. The zero-order valence-corrected chi connectivity index (χ0v) is 18.1. The second kappa shape index (κ2) is 8.39. The molecule has 10 heteroatoms. The molecule has 1 unspecified atom stereocenters. The Morgan fingerprint density at radius 3 is 2.65 bits per heavy atom. The van der Waals surface area contributed by atoms with E-state index in [4.69, 9.17) is 11.6 Å². The van der Waals surface area contributed by atoms with Gasteiger partial charge in [-0.3, -0.25) is 14.6 Å². The first-order valence-electron chi connectivity index (χ1n) is 10.4. The van der Waals surface area contributed by atoms with Gasteiger partial charge in [0.15, 0.2) is 11.5 Å². The van der Waals surface area contributed by atoms with Crippen LogP contribution in [0.15, 0.2) is 21.7 Å². The number of carbonyl (C=O) groups is 1. The number of aliphatic carboxylic acids is 1. The Morgan fingerprint density at radius 2 is 2.00 bits per heavy atom. The Hall–Kier alpha value is -2.78. The van der Waals surface area contributed by atoms with Gasteiger partial charge in [-0.25, -0.2) is 9.78 Å². The molecule has 3 heterocycles. The van der Waals surface area contributed by atoms with E-state index >= 15 is 0 Å². The zero-order valence-electron chi connectivity index (χ0n) is 17.4. The number of aryl methyl sites for hydroxylation is 1. The first-order chi connectivity index (χ1) is 14.8. The average molecular weight is 446 g/mol. The number of nitrogens with zero attached hydrogens (tertiary/aromatic N) is 4. The molecule has 1 aromatic rings. The van der Waals surface area contributed by atoms with Crippen LogP contribution in [0.5, 0.6) is 0 Å². The van der Waals surface area contributed by atoms with Gasteiger partial charge in [0.2, 0.25) is 0 Å². The number of halogens is 1. The van der Waals surface area contributed by atoms with Crippen molar-refractivity contribution >= 4 is 28.6 Å². The predicted molar refractivity (Wildman–Crippen MR) is 117 cm³/mol. The Kier molecular flexibility index (Phi) is 5.81. The highest BCUT2D eigenvalue weighted by molar-refractivity contribution is 6.32. The number of carboxylic acids is 1. The van der Waals surface area contributed by atoms with Crippen molar-refractivity contribution < 1.29 is 9.90 Å². The third-order valence-corrected chi connectivity index (χ3v) is 6.48. The summed E-state index contributed by atoms with van der Waals surface area (Å²) in [6, 6.07) is 3.51. The topological polar surface area (TPSA) is 121 Å². The van der Waals surface area contributed by atoms with E-state index in [2.05, 4.69) is 19.9 Å². The smallest absolute Gasteiger partial charge is 0.349 e. The number of fused-ring (bicyclic) bond motifs is 2. The van der Waals surface area contributed by atoms with Gasteiger partial charge in [-0.1, -0.05) is 18.5 Å². The number of hydrogen-bond donors (Lipinski definition) is 2. The number of likely N-dealkylation sites (tertiary alicyclic amines) is 1. The number of aromatic amines is 1. The molecule has 0 radical (unpaired) electrons. The minimum absolute atomic E-state index is 0.108. The Labute approximate surface area is 183 Å². The number of H-pyrrole nitrogens is 1. The van der Waals surface area contributed by atoms with Crippen LogP contribution in [0.25, 0.3) is 22.6 Å². The lowest BCUT2D eigenvalue weighted by Crippen LogP contribution is -2.40. The van der Waals surface area contributed by atoms with Gasteiger partial charge < -0.3 is 14.6 Å². The maximum absolute atomic E-state index is 12.5. The zero-order chi connectivity index (χ0) is 22.3. The molecule has 0 spiro atoms. The normalized spacial score (nSPS) is 16.7. The number of carboxylic acid groups (broad SMARTS) is 1. The average Bonchev–Trinajstić information content (AvgIpc) is 2.72. The molecule has 2 N–H and O–H groups in total. The minimum Gasteiger partial charge on any atom is -0.481 e. The van der Waals surface area contributed by atoms with Crippen molar-refractivity contribution in [2.75, 3.05) is 19.6 Å². The van der Waals surface area contributed by atoms with Crippen molar-refractivity contribution in [3.8, 4) is 11.5 Å². The number of aromatic nitrogens is 4. The van der Waals surface area contributed by atoms with Gasteiger partial charge in [0, 0.05) is 17.6 Å². The Morgan fingerprint density at radius 1 is 1.29 bits per heavy atom. The van der Waals surface area contributed by atoms with E-state index in [1.54, 1.807) is 6.07 Å². The lowest BCUT2D eigenvalue weighted by molar-refractivity contribution is -0.143. The molecule has 4 rings (SSSR count). The first-order valence-corrected chi connectivity index (χ1v) is 10.7. The monoisotopic (exact) mass is 445 g/mol. The second-order valence-corrected chi connectivity index (χ2v) is 8.50. The highest BCUT2D eigenvalue weighted by Crippen LogP contribution is 2.31. The van der Waals surface area contributed by atoms with Crippen LogP contribution in [0.4, 0.5) is 0 Å². The molecule has 0 aromatic heterocycles. The van der Waals surface area contributed by atoms with E-state index in [1.807, 2.05) is 24.5 Å². The van der Waals surface area contributed by atoms with Gasteiger partial charge in [-0.2, -0.15) is 4.98 Å². The highest BCUT2D eigenvalue weighted by Gasteiger charge is 2.28. The fourth-order valence-corrected chi connectivity index (χ4v) is 4.46. The third kappa shape index (κ3) is 4.07. The number of piperidine rings is 1. The lowest BCUT2D eigenvalue weighted by Gasteiger charge is -2.34. The summed E-state index contributed by atoms with van der Waals surface area (Å²) in [5, 5.41) is 9.82. The third-order valence-electron chi connectivity index (χ3n) is 6.07. The molecule has 1 atom stereocenters. The molecule has 1 aromatic carbocycles. The summed E-state index contributed by atoms with van der Waals surface area (Å²) >= 11 is 6.40. The molecule has 3 aliphatic rings. The summed E-state index contributed by atoms with van der Waals surface area (Å²) in [6.07, 6.45) is 1.91. The molecule has 0 bridgehead atoms. The van der Waals surface area contributed by atoms with Crippen LogP contribution < -0.4 is 11.2 Å². The number of hydrogen-bond acceptors (Lipinski definition) is 6. The van der Waals surface area contributed by atoms with E-state index in [9.17, 15) is 19.5 Å². The van der Waals surface area contributed by atoms with Gasteiger partial charge in [-0.15, -0.1) is 0 Å². The largest absolute Gasteiger partial charge is 0.481 e. The van der Waals surface area contributed by atoms with Crippen LogP contribution in [0.3, 0.4) is 0 Å². The molecule has 3 aliphatic heterocycles. The predicted octanol–water partition coefficient (Wildman–Crippen LogP) is 2.29. The van der Waals surface area contributed by atoms with Gasteiger partial charge in [-0.05, 0) is 57.0 Å². The molecule has 0 amide bonds. The molecule has 1 saturated heterocycles. The van der Waals surface area contributed by atoms with Crippen molar-refractivity contribution in [3.05, 3.63) is 43.6 Å². The van der Waals surface area contributed by atoms with Crippen LogP contribution in [-0.4, -0.2) is 55.1 Å².